The molecule has 1 aliphatic rings. The van der Waals surface area contributed by atoms with Crippen molar-refractivity contribution >= 4 is 23.8 Å². The molecular weight excluding hydrogens is 338 g/mol. The quantitative estimate of drug-likeness (QED) is 0.380. The SMILES string of the molecule is CCCOc1ccc(/C=C/C(=O)NNC(=O)C(=O)NC2CC2)cc1OC. The number of benzene rings is 1. The standard InChI is InChI=1S/C18H23N3O5/c1-3-10-26-14-8-4-12(11-15(14)25-2)5-9-16(22)20-21-18(24)17(23)19-13-6-7-13/h4-5,8-9,11,13H,3,6-7,10H2,1-2H3,(H,19,23)(H,20,22)(H,21,24)/b9-5+. The van der Waals surface area contributed by atoms with E-state index in [0.717, 1.165) is 24.8 Å². The van der Waals surface area contributed by atoms with Crippen molar-refractivity contribution in [2.24, 2.45) is 0 Å². The molecule has 1 aliphatic carbocycles. The largest absolute Gasteiger partial charge is 0.493 e. The van der Waals surface area contributed by atoms with E-state index in [-0.39, 0.29) is 6.04 Å². The van der Waals surface area contributed by atoms with Gasteiger partial charge in [-0.3, -0.25) is 25.2 Å². The molecule has 1 aromatic rings. The predicted molar refractivity (Wildman–Crippen MR) is 95.3 cm³/mol. The van der Waals surface area contributed by atoms with Gasteiger partial charge in [-0.25, -0.2) is 0 Å². The number of carbonyl (C=O) groups is 3. The highest BCUT2D eigenvalue weighted by atomic mass is 16.5. The van der Waals surface area contributed by atoms with Crippen LogP contribution in [0.5, 0.6) is 11.5 Å². The molecule has 8 nitrogen and oxygen atoms in total. The van der Waals surface area contributed by atoms with E-state index in [2.05, 4.69) is 16.2 Å². The first-order chi connectivity index (χ1) is 12.5. The minimum Gasteiger partial charge on any atom is -0.493 e. The Bertz CT molecular complexity index is 698. The highest BCUT2D eigenvalue weighted by Gasteiger charge is 2.26. The fraction of sp³-hybridized carbons (Fsp3) is 0.389. The lowest BCUT2D eigenvalue weighted by atomic mass is 10.2. The maximum atomic E-state index is 11.7. The lowest BCUT2D eigenvalue weighted by Crippen LogP contribution is -2.48. The van der Waals surface area contributed by atoms with Crippen molar-refractivity contribution in [1.29, 1.82) is 0 Å². The lowest BCUT2D eigenvalue weighted by Gasteiger charge is -2.10. The van der Waals surface area contributed by atoms with Crippen molar-refractivity contribution in [2.75, 3.05) is 13.7 Å². The third-order valence-electron chi connectivity index (χ3n) is 3.49. The van der Waals surface area contributed by atoms with E-state index in [9.17, 15) is 14.4 Å². The molecule has 0 unspecified atom stereocenters. The van der Waals surface area contributed by atoms with Crippen molar-refractivity contribution in [3.63, 3.8) is 0 Å². The molecule has 0 aromatic heterocycles. The average molecular weight is 361 g/mol. The second-order valence-corrected chi connectivity index (χ2v) is 5.78. The zero-order valence-corrected chi connectivity index (χ0v) is 14.8. The Balaban J connectivity index is 1.84. The smallest absolute Gasteiger partial charge is 0.327 e. The Morgan fingerprint density at radius 3 is 2.58 bits per heavy atom. The summed E-state index contributed by atoms with van der Waals surface area (Å²) in [5.41, 5.74) is 4.93. The van der Waals surface area contributed by atoms with E-state index < -0.39 is 17.7 Å². The maximum absolute atomic E-state index is 11.7. The normalized spacial score (nSPS) is 13.2. The van der Waals surface area contributed by atoms with Crippen molar-refractivity contribution < 1.29 is 23.9 Å². The first kappa shape index (κ1) is 19.3. The van der Waals surface area contributed by atoms with Crippen molar-refractivity contribution in [3.05, 3.63) is 29.8 Å². The molecule has 0 spiro atoms. The Labute approximate surface area is 151 Å². The number of nitrogens with one attached hydrogen (secondary N) is 3. The van der Waals surface area contributed by atoms with Gasteiger partial charge >= 0.3 is 11.8 Å². The lowest BCUT2D eigenvalue weighted by molar-refractivity contribution is -0.140. The van der Waals surface area contributed by atoms with Gasteiger partial charge in [0.05, 0.1) is 13.7 Å². The van der Waals surface area contributed by atoms with Crippen LogP contribution in [0, 0.1) is 0 Å². The van der Waals surface area contributed by atoms with Crippen LogP contribution in [0.3, 0.4) is 0 Å². The van der Waals surface area contributed by atoms with Gasteiger partial charge in [-0.1, -0.05) is 13.0 Å². The second-order valence-electron chi connectivity index (χ2n) is 5.78. The van der Waals surface area contributed by atoms with Crippen LogP contribution in [0.1, 0.15) is 31.7 Å². The summed E-state index contributed by atoms with van der Waals surface area (Å²) in [7, 11) is 1.54. The Morgan fingerprint density at radius 1 is 1.15 bits per heavy atom. The fourth-order valence-electron chi connectivity index (χ4n) is 1.99. The number of hydrogen-bond donors (Lipinski definition) is 3. The summed E-state index contributed by atoms with van der Waals surface area (Å²) < 4.78 is 10.8. The van der Waals surface area contributed by atoms with Crippen molar-refractivity contribution in [2.45, 2.75) is 32.2 Å². The van der Waals surface area contributed by atoms with Crippen LogP contribution < -0.4 is 25.6 Å². The highest BCUT2D eigenvalue weighted by molar-refractivity contribution is 6.35. The molecule has 3 amide bonds. The zero-order chi connectivity index (χ0) is 18.9. The van der Waals surface area contributed by atoms with Gasteiger partial charge in [-0.2, -0.15) is 0 Å². The molecule has 1 aromatic carbocycles. The number of ether oxygens (including phenoxy) is 2. The first-order valence-corrected chi connectivity index (χ1v) is 8.43. The number of hydrazine groups is 1. The highest BCUT2D eigenvalue weighted by Crippen LogP contribution is 2.28. The molecule has 26 heavy (non-hydrogen) atoms. The van der Waals surface area contributed by atoms with Gasteiger partial charge < -0.3 is 14.8 Å². The number of carbonyl (C=O) groups excluding carboxylic acids is 3. The minimum atomic E-state index is -0.905. The molecule has 0 heterocycles. The monoisotopic (exact) mass is 361 g/mol. The predicted octanol–water partition coefficient (Wildman–Crippen LogP) is 0.923. The van der Waals surface area contributed by atoms with Crippen LogP contribution in [-0.4, -0.2) is 37.5 Å². The van der Waals surface area contributed by atoms with E-state index in [1.165, 1.54) is 13.2 Å². The third kappa shape index (κ3) is 6.12. The van der Waals surface area contributed by atoms with E-state index in [1.807, 2.05) is 6.92 Å². The van der Waals surface area contributed by atoms with Gasteiger partial charge in [-0.05, 0) is 43.0 Å². The molecule has 0 radical (unpaired) electrons. The number of hydrogen-bond acceptors (Lipinski definition) is 5. The number of rotatable bonds is 7. The Kier molecular flexibility index (Phi) is 7.02. The van der Waals surface area contributed by atoms with E-state index >= 15 is 0 Å². The second kappa shape index (κ2) is 9.45. The molecule has 1 fully saturated rings. The molecule has 3 N–H and O–H groups in total. The third-order valence-corrected chi connectivity index (χ3v) is 3.49. The van der Waals surface area contributed by atoms with Gasteiger partial charge in [0.25, 0.3) is 5.91 Å². The van der Waals surface area contributed by atoms with E-state index in [4.69, 9.17) is 9.47 Å². The molecule has 8 heteroatoms. The number of amides is 3. The summed E-state index contributed by atoms with van der Waals surface area (Å²) in [4.78, 5) is 34.7. The first-order valence-electron chi connectivity index (χ1n) is 8.43. The topological polar surface area (TPSA) is 106 Å². The summed E-state index contributed by atoms with van der Waals surface area (Å²) >= 11 is 0. The van der Waals surface area contributed by atoms with Gasteiger partial charge in [0.15, 0.2) is 11.5 Å². The molecule has 2 rings (SSSR count). The Hall–Kier alpha value is -3.03. The number of methoxy groups -OCH3 is 1. The van der Waals surface area contributed by atoms with E-state index in [0.29, 0.717) is 18.1 Å². The van der Waals surface area contributed by atoms with Gasteiger partial charge in [0.1, 0.15) is 0 Å². The van der Waals surface area contributed by atoms with Gasteiger partial charge in [-0.15, -0.1) is 0 Å². The van der Waals surface area contributed by atoms with Gasteiger partial charge in [0.2, 0.25) is 0 Å². The van der Waals surface area contributed by atoms with Crippen LogP contribution in [0.2, 0.25) is 0 Å². The van der Waals surface area contributed by atoms with Crippen LogP contribution in [0.25, 0.3) is 6.08 Å². The molecule has 0 aliphatic heterocycles. The van der Waals surface area contributed by atoms with Crippen molar-refractivity contribution in [1.82, 2.24) is 16.2 Å². The molecule has 140 valence electrons. The summed E-state index contributed by atoms with van der Waals surface area (Å²) in [6.45, 7) is 2.60. The molecule has 0 atom stereocenters. The summed E-state index contributed by atoms with van der Waals surface area (Å²) in [5.74, 6) is -1.04. The zero-order valence-electron chi connectivity index (χ0n) is 14.8. The summed E-state index contributed by atoms with van der Waals surface area (Å²) in [6, 6.07) is 5.34. The van der Waals surface area contributed by atoms with Crippen LogP contribution in [0.15, 0.2) is 24.3 Å². The Morgan fingerprint density at radius 2 is 1.92 bits per heavy atom. The average Bonchev–Trinajstić information content (AvgIpc) is 3.46. The summed E-state index contributed by atoms with van der Waals surface area (Å²) in [6.07, 6.45) is 5.42. The minimum absolute atomic E-state index is 0.0723. The van der Waals surface area contributed by atoms with E-state index in [1.54, 1.807) is 24.3 Å². The van der Waals surface area contributed by atoms with Crippen LogP contribution in [0.4, 0.5) is 0 Å². The van der Waals surface area contributed by atoms with Crippen molar-refractivity contribution in [3.8, 4) is 11.5 Å². The van der Waals surface area contributed by atoms with Gasteiger partial charge in [0, 0.05) is 12.1 Å². The molecular formula is C18H23N3O5. The maximum Gasteiger partial charge on any atom is 0.327 e. The van der Waals surface area contributed by atoms with Crippen LogP contribution >= 0.6 is 0 Å². The molecule has 0 bridgehead atoms. The fourth-order valence-corrected chi connectivity index (χ4v) is 1.99. The molecule has 0 saturated heterocycles. The summed E-state index contributed by atoms with van der Waals surface area (Å²) in [5, 5.41) is 2.52. The molecule has 1 saturated carbocycles. The van der Waals surface area contributed by atoms with Crippen LogP contribution in [-0.2, 0) is 14.4 Å².